The molecule has 1 N–H and O–H groups in total. The van der Waals surface area contributed by atoms with E-state index in [0.717, 1.165) is 25.0 Å². The molecule has 0 radical (unpaired) electrons. The molecular weight excluding hydrogens is 395 g/mol. The van der Waals surface area contributed by atoms with Gasteiger partial charge in [-0.1, -0.05) is 50.8 Å². The maximum Gasteiger partial charge on any atom is 0.416 e. The van der Waals surface area contributed by atoms with E-state index in [1.165, 1.54) is 31.4 Å². The molecule has 30 heavy (non-hydrogen) atoms. The van der Waals surface area contributed by atoms with E-state index in [9.17, 15) is 18.0 Å². The standard InChI is InChI=1S/C23H28F3NO3/c1-2-3-4-5-8-14-29-15-16-30-22(28)20-12-6-7-13-21(20)27-19-11-9-10-18(17-19)23(24,25)26/h6-7,9-13,17,27H,2-5,8,14-16H2,1H3. The second-order valence-corrected chi connectivity index (χ2v) is 6.91. The summed E-state index contributed by atoms with van der Waals surface area (Å²) in [5.41, 5.74) is 0.0871. The highest BCUT2D eigenvalue weighted by molar-refractivity contribution is 5.96. The van der Waals surface area contributed by atoms with Crippen molar-refractivity contribution >= 4 is 17.3 Å². The third kappa shape index (κ3) is 8.06. The van der Waals surface area contributed by atoms with Crippen molar-refractivity contribution in [3.63, 3.8) is 0 Å². The fourth-order valence-corrected chi connectivity index (χ4v) is 2.88. The summed E-state index contributed by atoms with van der Waals surface area (Å²) in [4.78, 5) is 12.4. The summed E-state index contributed by atoms with van der Waals surface area (Å²) in [7, 11) is 0. The van der Waals surface area contributed by atoms with Crippen LogP contribution in [0.25, 0.3) is 0 Å². The molecular formula is C23H28F3NO3. The van der Waals surface area contributed by atoms with Crippen molar-refractivity contribution < 1.29 is 27.4 Å². The molecule has 0 saturated heterocycles. The lowest BCUT2D eigenvalue weighted by Crippen LogP contribution is -2.13. The van der Waals surface area contributed by atoms with Crippen molar-refractivity contribution in [2.45, 2.75) is 45.2 Å². The number of alkyl halides is 3. The summed E-state index contributed by atoms with van der Waals surface area (Å²) in [5, 5.41) is 2.87. The summed E-state index contributed by atoms with van der Waals surface area (Å²) in [6.45, 7) is 3.22. The predicted molar refractivity (Wildman–Crippen MR) is 111 cm³/mol. The molecule has 0 aliphatic carbocycles. The molecule has 0 fully saturated rings. The Kier molecular flexibility index (Phi) is 9.67. The topological polar surface area (TPSA) is 47.6 Å². The lowest BCUT2D eigenvalue weighted by Gasteiger charge is -2.13. The van der Waals surface area contributed by atoms with Crippen molar-refractivity contribution in [1.29, 1.82) is 0 Å². The van der Waals surface area contributed by atoms with Gasteiger partial charge in [0, 0.05) is 12.3 Å². The van der Waals surface area contributed by atoms with Gasteiger partial charge in [0.1, 0.15) is 6.61 Å². The smallest absolute Gasteiger partial charge is 0.416 e. The first kappa shape index (κ1) is 23.7. The molecule has 0 spiro atoms. The zero-order valence-electron chi connectivity index (χ0n) is 17.1. The van der Waals surface area contributed by atoms with Gasteiger partial charge in [-0.2, -0.15) is 13.2 Å². The molecule has 0 unspecified atom stereocenters. The molecule has 0 amide bonds. The number of ether oxygens (including phenoxy) is 2. The van der Waals surface area contributed by atoms with Crippen LogP contribution in [0.15, 0.2) is 48.5 Å². The van der Waals surface area contributed by atoms with Gasteiger partial charge in [-0.3, -0.25) is 0 Å². The van der Waals surface area contributed by atoms with Gasteiger partial charge in [0.25, 0.3) is 0 Å². The van der Waals surface area contributed by atoms with E-state index in [1.54, 1.807) is 24.3 Å². The second-order valence-electron chi connectivity index (χ2n) is 6.91. The monoisotopic (exact) mass is 423 g/mol. The van der Waals surface area contributed by atoms with Gasteiger partial charge >= 0.3 is 12.1 Å². The van der Waals surface area contributed by atoms with Crippen molar-refractivity contribution in [3.8, 4) is 0 Å². The van der Waals surface area contributed by atoms with Crippen molar-refractivity contribution in [2.75, 3.05) is 25.1 Å². The second kappa shape index (κ2) is 12.2. The number of benzene rings is 2. The summed E-state index contributed by atoms with van der Waals surface area (Å²) < 4.78 is 49.4. The number of halogens is 3. The Morgan fingerprint density at radius 2 is 1.70 bits per heavy atom. The van der Waals surface area contributed by atoms with E-state index in [1.807, 2.05) is 0 Å². The van der Waals surface area contributed by atoms with Gasteiger partial charge in [0.15, 0.2) is 0 Å². The van der Waals surface area contributed by atoms with Crippen LogP contribution in [0, 0.1) is 0 Å². The average molecular weight is 423 g/mol. The average Bonchev–Trinajstić information content (AvgIpc) is 2.72. The molecule has 0 aliphatic heterocycles. The Morgan fingerprint density at radius 1 is 0.933 bits per heavy atom. The molecule has 0 heterocycles. The van der Waals surface area contributed by atoms with Gasteiger partial charge in [0.2, 0.25) is 0 Å². The molecule has 2 aromatic rings. The summed E-state index contributed by atoms with van der Waals surface area (Å²) in [6.07, 6.45) is 1.29. The lowest BCUT2D eigenvalue weighted by atomic mass is 10.1. The first-order valence-electron chi connectivity index (χ1n) is 10.2. The van der Waals surface area contributed by atoms with Gasteiger partial charge in [-0.25, -0.2) is 4.79 Å². The third-order valence-corrected chi connectivity index (χ3v) is 4.47. The number of rotatable bonds is 12. The van der Waals surface area contributed by atoms with Crippen LogP contribution in [-0.4, -0.2) is 25.8 Å². The number of esters is 1. The van der Waals surface area contributed by atoms with Gasteiger partial charge < -0.3 is 14.8 Å². The summed E-state index contributed by atoms with van der Waals surface area (Å²) in [6, 6.07) is 11.3. The van der Waals surface area contributed by atoms with Crippen LogP contribution in [0.1, 0.15) is 54.9 Å². The van der Waals surface area contributed by atoms with Gasteiger partial charge in [0.05, 0.1) is 23.4 Å². The number of hydrogen-bond donors (Lipinski definition) is 1. The Labute approximate surface area is 175 Å². The summed E-state index contributed by atoms with van der Waals surface area (Å²) >= 11 is 0. The first-order valence-corrected chi connectivity index (χ1v) is 10.2. The quantitative estimate of drug-likeness (QED) is 0.309. The SMILES string of the molecule is CCCCCCCOCCOC(=O)c1ccccc1Nc1cccc(C(F)(F)F)c1. The van der Waals surface area contributed by atoms with Crippen LogP contribution in [0.2, 0.25) is 0 Å². The van der Waals surface area contributed by atoms with E-state index >= 15 is 0 Å². The number of nitrogens with one attached hydrogen (secondary N) is 1. The largest absolute Gasteiger partial charge is 0.460 e. The van der Waals surface area contributed by atoms with Crippen LogP contribution < -0.4 is 5.32 Å². The zero-order chi connectivity index (χ0) is 21.8. The Morgan fingerprint density at radius 3 is 2.47 bits per heavy atom. The predicted octanol–water partition coefficient (Wildman–Crippen LogP) is 6.59. The molecule has 0 atom stereocenters. The van der Waals surface area contributed by atoms with E-state index in [4.69, 9.17) is 9.47 Å². The molecule has 7 heteroatoms. The lowest BCUT2D eigenvalue weighted by molar-refractivity contribution is -0.137. The minimum Gasteiger partial charge on any atom is -0.460 e. The Balaban J connectivity index is 1.85. The molecule has 2 rings (SSSR count). The van der Waals surface area contributed by atoms with Crippen LogP contribution in [0.4, 0.5) is 24.5 Å². The maximum absolute atomic E-state index is 12.9. The van der Waals surface area contributed by atoms with Crippen molar-refractivity contribution in [2.24, 2.45) is 0 Å². The molecule has 164 valence electrons. The number of carbonyl (C=O) groups is 1. The number of para-hydroxylation sites is 1. The number of unbranched alkanes of at least 4 members (excludes halogenated alkanes) is 4. The minimum atomic E-state index is -4.44. The minimum absolute atomic E-state index is 0.117. The summed E-state index contributed by atoms with van der Waals surface area (Å²) in [5.74, 6) is -0.559. The normalized spacial score (nSPS) is 11.3. The van der Waals surface area contributed by atoms with Gasteiger partial charge in [-0.15, -0.1) is 0 Å². The van der Waals surface area contributed by atoms with Crippen molar-refractivity contribution in [1.82, 2.24) is 0 Å². The fourth-order valence-electron chi connectivity index (χ4n) is 2.88. The first-order chi connectivity index (χ1) is 14.4. The van der Waals surface area contributed by atoms with Crippen LogP contribution in [-0.2, 0) is 15.7 Å². The van der Waals surface area contributed by atoms with E-state index < -0.39 is 17.7 Å². The van der Waals surface area contributed by atoms with Crippen LogP contribution in [0.3, 0.4) is 0 Å². The highest BCUT2D eigenvalue weighted by Gasteiger charge is 2.30. The van der Waals surface area contributed by atoms with Crippen LogP contribution >= 0.6 is 0 Å². The highest BCUT2D eigenvalue weighted by Crippen LogP contribution is 2.32. The number of hydrogen-bond acceptors (Lipinski definition) is 4. The molecule has 0 aliphatic rings. The molecule has 2 aromatic carbocycles. The van der Waals surface area contributed by atoms with Crippen LogP contribution in [0.5, 0.6) is 0 Å². The third-order valence-electron chi connectivity index (χ3n) is 4.47. The van der Waals surface area contributed by atoms with E-state index in [-0.39, 0.29) is 17.9 Å². The molecule has 0 bridgehead atoms. The molecule has 0 saturated carbocycles. The van der Waals surface area contributed by atoms with E-state index in [0.29, 0.717) is 18.9 Å². The number of carbonyl (C=O) groups excluding carboxylic acids is 1. The number of anilines is 2. The molecule has 4 nitrogen and oxygen atoms in total. The van der Waals surface area contributed by atoms with E-state index in [2.05, 4.69) is 12.2 Å². The highest BCUT2D eigenvalue weighted by atomic mass is 19.4. The molecule has 0 aromatic heterocycles. The Hall–Kier alpha value is -2.54. The maximum atomic E-state index is 12.9. The van der Waals surface area contributed by atoms with Crippen molar-refractivity contribution in [3.05, 3.63) is 59.7 Å². The Bertz CT molecular complexity index is 793. The zero-order valence-corrected chi connectivity index (χ0v) is 17.1. The van der Waals surface area contributed by atoms with Gasteiger partial charge in [-0.05, 0) is 36.8 Å². The fraction of sp³-hybridized carbons (Fsp3) is 0.435.